The third-order valence-corrected chi connectivity index (χ3v) is 2.31. The molecule has 0 bridgehead atoms. The average Bonchev–Trinajstić information content (AvgIpc) is 2.41. The molecule has 1 aromatic heterocycles. The van der Waals surface area contributed by atoms with Crippen LogP contribution in [0.5, 0.6) is 11.5 Å². The molecule has 1 aromatic carbocycles. The summed E-state index contributed by atoms with van der Waals surface area (Å²) >= 11 is 0. The van der Waals surface area contributed by atoms with E-state index in [0.29, 0.717) is 6.07 Å². The number of carbonyl (C=O) groups is 1. The molecule has 0 amide bonds. The van der Waals surface area contributed by atoms with Crippen LogP contribution in [0, 0.1) is 15.9 Å². The normalized spacial score (nSPS) is 10.1. The lowest BCUT2D eigenvalue weighted by atomic mass is 10.2. The number of nitro groups is 1. The Morgan fingerprint density at radius 2 is 2.10 bits per heavy atom. The van der Waals surface area contributed by atoms with Crippen molar-refractivity contribution in [2.75, 3.05) is 0 Å². The van der Waals surface area contributed by atoms with E-state index in [1.54, 1.807) is 0 Å². The molecule has 0 aliphatic carbocycles. The van der Waals surface area contributed by atoms with Gasteiger partial charge >= 0.3 is 5.97 Å². The smallest absolute Gasteiger partial charge is 0.337 e. The molecule has 8 heteroatoms. The Balaban J connectivity index is 2.28. The third-order valence-electron chi connectivity index (χ3n) is 2.31. The Morgan fingerprint density at radius 3 is 2.70 bits per heavy atom. The average molecular weight is 278 g/mol. The third kappa shape index (κ3) is 2.86. The molecule has 0 saturated heterocycles. The minimum Gasteiger partial charge on any atom is -0.478 e. The van der Waals surface area contributed by atoms with Crippen LogP contribution in [0.2, 0.25) is 0 Å². The highest BCUT2D eigenvalue weighted by molar-refractivity contribution is 5.87. The first-order valence-corrected chi connectivity index (χ1v) is 5.27. The lowest BCUT2D eigenvalue weighted by molar-refractivity contribution is -0.385. The zero-order chi connectivity index (χ0) is 14.7. The second-order valence-corrected chi connectivity index (χ2v) is 3.69. The molecule has 1 N–H and O–H groups in total. The van der Waals surface area contributed by atoms with Crippen molar-refractivity contribution in [3.8, 4) is 11.5 Å². The van der Waals surface area contributed by atoms with Gasteiger partial charge in [0.15, 0.2) is 11.6 Å². The molecule has 1 heterocycles. The first-order chi connectivity index (χ1) is 9.47. The van der Waals surface area contributed by atoms with Crippen LogP contribution in [-0.4, -0.2) is 21.0 Å². The summed E-state index contributed by atoms with van der Waals surface area (Å²) in [6.07, 6.45) is 2.31. The molecule has 0 unspecified atom stereocenters. The zero-order valence-corrected chi connectivity index (χ0v) is 9.82. The molecule has 2 rings (SSSR count). The molecule has 0 atom stereocenters. The van der Waals surface area contributed by atoms with E-state index in [1.165, 1.54) is 6.20 Å². The van der Waals surface area contributed by atoms with Crippen LogP contribution in [0.3, 0.4) is 0 Å². The number of ether oxygens (including phenoxy) is 1. The Kier molecular flexibility index (Phi) is 3.56. The molecule has 0 aliphatic heterocycles. The predicted molar refractivity (Wildman–Crippen MR) is 64.3 cm³/mol. The number of nitro benzene ring substituents is 1. The van der Waals surface area contributed by atoms with E-state index in [4.69, 9.17) is 9.84 Å². The van der Waals surface area contributed by atoms with Gasteiger partial charge in [-0.3, -0.25) is 15.1 Å². The standard InChI is InChI=1S/C12H7FN2O5/c13-10-4-8(15(18)19)1-2-11(10)20-9-3-7(12(16)17)5-14-6-9/h1-6H,(H,16,17). The van der Waals surface area contributed by atoms with E-state index in [0.717, 1.165) is 24.4 Å². The van der Waals surface area contributed by atoms with Crippen molar-refractivity contribution in [2.24, 2.45) is 0 Å². The molecule has 7 nitrogen and oxygen atoms in total. The van der Waals surface area contributed by atoms with E-state index in [9.17, 15) is 19.3 Å². The van der Waals surface area contributed by atoms with Crippen molar-refractivity contribution in [2.45, 2.75) is 0 Å². The van der Waals surface area contributed by atoms with Gasteiger partial charge in [-0.1, -0.05) is 0 Å². The number of aromatic nitrogens is 1. The number of carboxylic acids is 1. The molecule has 20 heavy (non-hydrogen) atoms. The monoisotopic (exact) mass is 278 g/mol. The fraction of sp³-hybridized carbons (Fsp3) is 0. The Labute approximate surface area is 111 Å². The Hall–Kier alpha value is -3.03. The molecule has 102 valence electrons. The van der Waals surface area contributed by atoms with Gasteiger partial charge in [0.05, 0.1) is 22.7 Å². The van der Waals surface area contributed by atoms with E-state index >= 15 is 0 Å². The number of aromatic carboxylic acids is 1. The fourth-order valence-corrected chi connectivity index (χ4v) is 1.40. The highest BCUT2D eigenvalue weighted by atomic mass is 19.1. The molecule has 2 aromatic rings. The lowest BCUT2D eigenvalue weighted by Gasteiger charge is -2.06. The summed E-state index contributed by atoms with van der Waals surface area (Å²) in [4.78, 5) is 24.1. The molecular formula is C12H7FN2O5. The Morgan fingerprint density at radius 1 is 1.35 bits per heavy atom. The number of benzene rings is 1. The number of nitrogens with zero attached hydrogens (tertiary/aromatic N) is 2. The summed E-state index contributed by atoms with van der Waals surface area (Å²) in [6.45, 7) is 0. The van der Waals surface area contributed by atoms with Gasteiger partial charge in [0.1, 0.15) is 5.75 Å². The summed E-state index contributed by atoms with van der Waals surface area (Å²) in [5.41, 5.74) is -0.530. The van der Waals surface area contributed by atoms with Crippen LogP contribution in [0.25, 0.3) is 0 Å². The van der Waals surface area contributed by atoms with Gasteiger partial charge in [-0.15, -0.1) is 0 Å². The zero-order valence-electron chi connectivity index (χ0n) is 9.82. The minimum atomic E-state index is -1.20. The number of carboxylic acid groups (broad SMARTS) is 1. The number of hydrogen-bond donors (Lipinski definition) is 1. The molecular weight excluding hydrogens is 271 g/mol. The maximum atomic E-state index is 13.6. The van der Waals surface area contributed by atoms with Crippen LogP contribution in [-0.2, 0) is 0 Å². The van der Waals surface area contributed by atoms with Crippen LogP contribution in [0.4, 0.5) is 10.1 Å². The number of non-ortho nitro benzene ring substituents is 1. The quantitative estimate of drug-likeness (QED) is 0.681. The molecule has 0 fully saturated rings. The topological polar surface area (TPSA) is 103 Å². The first-order valence-electron chi connectivity index (χ1n) is 5.27. The van der Waals surface area contributed by atoms with Gasteiger partial charge in [0.25, 0.3) is 5.69 Å². The van der Waals surface area contributed by atoms with Crippen molar-refractivity contribution in [1.29, 1.82) is 0 Å². The maximum Gasteiger partial charge on any atom is 0.337 e. The van der Waals surface area contributed by atoms with E-state index in [2.05, 4.69) is 4.98 Å². The Bertz CT molecular complexity index is 689. The molecule has 0 saturated carbocycles. The first kappa shape index (κ1) is 13.4. The summed E-state index contributed by atoms with van der Waals surface area (Å²) in [5.74, 6) is -2.38. The van der Waals surface area contributed by atoms with E-state index < -0.39 is 22.4 Å². The van der Waals surface area contributed by atoms with Crippen LogP contribution in [0.15, 0.2) is 36.7 Å². The maximum absolute atomic E-state index is 13.6. The van der Waals surface area contributed by atoms with E-state index in [1.807, 2.05) is 0 Å². The second kappa shape index (κ2) is 5.31. The number of halogens is 1. The second-order valence-electron chi connectivity index (χ2n) is 3.69. The summed E-state index contributed by atoms with van der Waals surface area (Å²) in [5, 5.41) is 19.2. The van der Waals surface area contributed by atoms with Gasteiger partial charge in [-0.2, -0.15) is 0 Å². The summed E-state index contributed by atoms with van der Waals surface area (Å²) in [6, 6.07) is 4.04. The SMILES string of the molecule is O=C(O)c1cncc(Oc2ccc([N+](=O)[O-])cc2F)c1. The number of rotatable bonds is 4. The van der Waals surface area contributed by atoms with Crippen LogP contribution < -0.4 is 4.74 Å². The molecule has 0 spiro atoms. The predicted octanol–water partition coefficient (Wildman–Crippen LogP) is 2.62. The summed E-state index contributed by atoms with van der Waals surface area (Å²) < 4.78 is 18.7. The van der Waals surface area contributed by atoms with Crippen molar-refractivity contribution in [1.82, 2.24) is 4.98 Å². The van der Waals surface area contributed by atoms with Gasteiger partial charge < -0.3 is 9.84 Å². The molecule has 0 radical (unpaired) electrons. The van der Waals surface area contributed by atoms with Gasteiger partial charge in [-0.05, 0) is 12.1 Å². The highest BCUT2D eigenvalue weighted by Crippen LogP contribution is 2.27. The fourth-order valence-electron chi connectivity index (χ4n) is 1.40. The van der Waals surface area contributed by atoms with E-state index in [-0.39, 0.29) is 17.1 Å². The van der Waals surface area contributed by atoms with Gasteiger partial charge in [0.2, 0.25) is 0 Å². The number of pyridine rings is 1. The highest BCUT2D eigenvalue weighted by Gasteiger charge is 2.13. The minimum absolute atomic E-state index is 0.0117. The van der Waals surface area contributed by atoms with Crippen molar-refractivity contribution in [3.05, 3.63) is 58.2 Å². The van der Waals surface area contributed by atoms with Gasteiger partial charge in [-0.25, -0.2) is 9.18 Å². The summed E-state index contributed by atoms with van der Waals surface area (Å²) in [7, 11) is 0. The van der Waals surface area contributed by atoms with Crippen LogP contribution >= 0.6 is 0 Å². The van der Waals surface area contributed by atoms with Crippen molar-refractivity contribution < 1.29 is 24.0 Å². The number of hydrogen-bond acceptors (Lipinski definition) is 5. The van der Waals surface area contributed by atoms with Crippen molar-refractivity contribution in [3.63, 3.8) is 0 Å². The lowest BCUT2D eigenvalue weighted by Crippen LogP contribution is -1.98. The van der Waals surface area contributed by atoms with Crippen molar-refractivity contribution >= 4 is 11.7 Å². The largest absolute Gasteiger partial charge is 0.478 e. The molecule has 0 aliphatic rings. The van der Waals surface area contributed by atoms with Gasteiger partial charge in [0, 0.05) is 12.3 Å². The van der Waals surface area contributed by atoms with Crippen LogP contribution in [0.1, 0.15) is 10.4 Å².